The average Bonchev–Trinajstić information content (AvgIpc) is 2.95. The van der Waals surface area contributed by atoms with Gasteiger partial charge in [-0.25, -0.2) is 0 Å². The lowest BCUT2D eigenvalue weighted by atomic mass is 10.3. The first kappa shape index (κ1) is 13.3. The molecular weight excluding hydrogens is 340 g/mol. The minimum absolute atomic E-state index is 0.327. The molecule has 0 atom stereocenters. The SMILES string of the molecule is Cn1ccc(C(=O)N=c2sc3cc(Br)ccc3n2C)n1. The molecular formula is C13H11BrN4OS. The highest BCUT2D eigenvalue weighted by Gasteiger charge is 2.09. The summed E-state index contributed by atoms with van der Waals surface area (Å²) >= 11 is 4.92. The van der Waals surface area contributed by atoms with E-state index in [1.165, 1.54) is 11.3 Å². The van der Waals surface area contributed by atoms with Gasteiger partial charge in [-0.05, 0) is 24.3 Å². The summed E-state index contributed by atoms with van der Waals surface area (Å²) in [6.07, 6.45) is 1.73. The highest BCUT2D eigenvalue weighted by molar-refractivity contribution is 9.10. The number of carbonyl (C=O) groups is 1. The summed E-state index contributed by atoms with van der Waals surface area (Å²) in [5.41, 5.74) is 1.40. The van der Waals surface area contributed by atoms with Gasteiger partial charge >= 0.3 is 0 Å². The molecule has 0 fully saturated rings. The third-order valence-corrected chi connectivity index (χ3v) is 4.49. The normalized spacial score (nSPS) is 12.2. The number of aryl methyl sites for hydroxylation is 2. The molecule has 0 bridgehead atoms. The van der Waals surface area contributed by atoms with Crippen LogP contribution in [0, 0.1) is 0 Å². The molecule has 3 rings (SSSR count). The molecule has 0 N–H and O–H groups in total. The van der Waals surface area contributed by atoms with Crippen molar-refractivity contribution in [2.45, 2.75) is 0 Å². The van der Waals surface area contributed by atoms with E-state index in [0.717, 1.165) is 14.7 Å². The van der Waals surface area contributed by atoms with Crippen LogP contribution in [0.3, 0.4) is 0 Å². The standard InChI is InChI=1S/C13H11BrN4OS/c1-17-6-5-9(16-17)12(19)15-13-18(2)10-4-3-8(14)7-11(10)20-13/h3-7H,1-2H3. The van der Waals surface area contributed by atoms with Gasteiger partial charge in [0.05, 0.1) is 10.2 Å². The molecule has 2 aromatic heterocycles. The van der Waals surface area contributed by atoms with Crippen LogP contribution in [0.1, 0.15) is 10.5 Å². The number of benzene rings is 1. The number of hydrogen-bond donors (Lipinski definition) is 0. The van der Waals surface area contributed by atoms with Gasteiger partial charge in [0.2, 0.25) is 0 Å². The molecule has 5 nitrogen and oxygen atoms in total. The van der Waals surface area contributed by atoms with E-state index in [2.05, 4.69) is 26.0 Å². The van der Waals surface area contributed by atoms with Crippen LogP contribution < -0.4 is 4.80 Å². The number of hydrogen-bond acceptors (Lipinski definition) is 3. The molecule has 0 saturated heterocycles. The van der Waals surface area contributed by atoms with E-state index < -0.39 is 0 Å². The number of aromatic nitrogens is 3. The van der Waals surface area contributed by atoms with Crippen LogP contribution in [0.25, 0.3) is 10.2 Å². The van der Waals surface area contributed by atoms with Gasteiger partial charge < -0.3 is 4.57 Å². The molecule has 0 unspecified atom stereocenters. The van der Waals surface area contributed by atoms with Gasteiger partial charge in [-0.3, -0.25) is 9.48 Å². The van der Waals surface area contributed by atoms with Crippen molar-refractivity contribution < 1.29 is 4.79 Å². The molecule has 7 heteroatoms. The maximum Gasteiger partial charge on any atom is 0.300 e. The van der Waals surface area contributed by atoms with E-state index in [9.17, 15) is 4.79 Å². The summed E-state index contributed by atoms with van der Waals surface area (Å²) in [4.78, 5) is 16.9. The summed E-state index contributed by atoms with van der Waals surface area (Å²) in [6, 6.07) is 7.65. The maximum absolute atomic E-state index is 12.1. The predicted octanol–water partition coefficient (Wildman–Crippen LogP) is 2.48. The lowest BCUT2D eigenvalue weighted by Gasteiger charge is -1.95. The van der Waals surface area contributed by atoms with Crippen LogP contribution in [0.15, 0.2) is 39.9 Å². The molecule has 3 aromatic rings. The van der Waals surface area contributed by atoms with Crippen molar-refractivity contribution in [3.8, 4) is 0 Å². The Balaban J connectivity index is 2.12. The second-order valence-electron chi connectivity index (χ2n) is 4.35. The van der Waals surface area contributed by atoms with Crippen LogP contribution in [0.5, 0.6) is 0 Å². The van der Waals surface area contributed by atoms with Gasteiger partial charge in [-0.2, -0.15) is 10.1 Å². The zero-order valence-electron chi connectivity index (χ0n) is 10.9. The van der Waals surface area contributed by atoms with Crippen molar-refractivity contribution in [2.75, 3.05) is 0 Å². The smallest absolute Gasteiger partial charge is 0.300 e. The van der Waals surface area contributed by atoms with Crippen molar-refractivity contribution in [1.29, 1.82) is 0 Å². The Morgan fingerprint density at radius 2 is 2.15 bits per heavy atom. The molecule has 1 aromatic carbocycles. The van der Waals surface area contributed by atoms with Crippen LogP contribution in [-0.4, -0.2) is 20.3 Å². The molecule has 0 radical (unpaired) electrons. The molecule has 0 aliphatic carbocycles. The number of halogens is 1. The minimum Gasteiger partial charge on any atom is -0.319 e. The lowest BCUT2D eigenvalue weighted by Crippen LogP contribution is -2.13. The largest absolute Gasteiger partial charge is 0.319 e. The van der Waals surface area contributed by atoms with Gasteiger partial charge in [-0.15, -0.1) is 0 Å². The van der Waals surface area contributed by atoms with Crippen molar-refractivity contribution in [3.05, 3.63) is 45.4 Å². The Labute approximate surface area is 127 Å². The van der Waals surface area contributed by atoms with Gasteiger partial charge in [0, 0.05) is 24.8 Å². The molecule has 0 aliphatic heterocycles. The minimum atomic E-state index is -0.327. The molecule has 2 heterocycles. The molecule has 20 heavy (non-hydrogen) atoms. The van der Waals surface area contributed by atoms with Gasteiger partial charge in [0.1, 0.15) is 0 Å². The van der Waals surface area contributed by atoms with E-state index in [1.54, 1.807) is 24.0 Å². The highest BCUT2D eigenvalue weighted by atomic mass is 79.9. The van der Waals surface area contributed by atoms with Crippen molar-refractivity contribution in [2.24, 2.45) is 19.1 Å². The molecule has 102 valence electrons. The predicted molar refractivity (Wildman–Crippen MR) is 81.6 cm³/mol. The summed E-state index contributed by atoms with van der Waals surface area (Å²) < 4.78 is 5.59. The Kier molecular flexibility index (Phi) is 3.31. The van der Waals surface area contributed by atoms with Crippen molar-refractivity contribution >= 4 is 43.4 Å². The van der Waals surface area contributed by atoms with Crippen LogP contribution >= 0.6 is 27.3 Å². The fraction of sp³-hybridized carbons (Fsp3) is 0.154. The van der Waals surface area contributed by atoms with Gasteiger partial charge in [-0.1, -0.05) is 27.3 Å². The van der Waals surface area contributed by atoms with E-state index in [4.69, 9.17) is 0 Å². The van der Waals surface area contributed by atoms with E-state index in [-0.39, 0.29) is 5.91 Å². The van der Waals surface area contributed by atoms with E-state index >= 15 is 0 Å². The number of rotatable bonds is 1. The summed E-state index contributed by atoms with van der Waals surface area (Å²) in [5, 5.41) is 4.07. The molecule has 0 saturated carbocycles. The highest BCUT2D eigenvalue weighted by Crippen LogP contribution is 2.21. The van der Waals surface area contributed by atoms with Gasteiger partial charge in [0.15, 0.2) is 10.5 Å². The third kappa shape index (κ3) is 2.34. The molecule has 1 amide bonds. The zero-order valence-corrected chi connectivity index (χ0v) is 13.3. The van der Waals surface area contributed by atoms with Crippen LogP contribution in [0.4, 0.5) is 0 Å². The Bertz CT molecular complexity index is 874. The number of fused-ring (bicyclic) bond motifs is 1. The first-order valence-electron chi connectivity index (χ1n) is 5.88. The molecule has 0 spiro atoms. The number of thiazole rings is 1. The lowest BCUT2D eigenvalue weighted by molar-refractivity contribution is 0.0992. The second kappa shape index (κ2) is 4.99. The average molecular weight is 351 g/mol. The van der Waals surface area contributed by atoms with E-state index in [0.29, 0.717) is 10.5 Å². The van der Waals surface area contributed by atoms with Crippen LogP contribution in [0.2, 0.25) is 0 Å². The summed E-state index contributed by atoms with van der Waals surface area (Å²) in [6.45, 7) is 0. The van der Waals surface area contributed by atoms with Gasteiger partial charge in [0.25, 0.3) is 5.91 Å². The Hall–Kier alpha value is -1.73. The number of carbonyl (C=O) groups excluding carboxylic acids is 1. The molecule has 0 aliphatic rings. The first-order valence-corrected chi connectivity index (χ1v) is 7.49. The summed E-state index contributed by atoms with van der Waals surface area (Å²) in [7, 11) is 3.67. The van der Waals surface area contributed by atoms with E-state index in [1.807, 2.05) is 29.8 Å². The first-order chi connectivity index (χ1) is 9.54. The number of nitrogens with zero attached hydrogens (tertiary/aromatic N) is 4. The maximum atomic E-state index is 12.1. The number of amides is 1. The zero-order chi connectivity index (χ0) is 14.3. The summed E-state index contributed by atoms with van der Waals surface area (Å²) in [5.74, 6) is -0.327. The Morgan fingerprint density at radius 3 is 2.85 bits per heavy atom. The monoisotopic (exact) mass is 350 g/mol. The third-order valence-electron chi connectivity index (χ3n) is 2.90. The fourth-order valence-corrected chi connectivity index (χ4v) is 3.46. The topological polar surface area (TPSA) is 52.2 Å². The second-order valence-corrected chi connectivity index (χ2v) is 6.27. The van der Waals surface area contributed by atoms with Crippen molar-refractivity contribution in [3.63, 3.8) is 0 Å². The quantitative estimate of drug-likeness (QED) is 0.676. The Morgan fingerprint density at radius 1 is 1.35 bits per heavy atom. The fourth-order valence-electron chi connectivity index (χ4n) is 1.89. The van der Waals surface area contributed by atoms with Crippen LogP contribution in [-0.2, 0) is 14.1 Å². The van der Waals surface area contributed by atoms with Crippen molar-refractivity contribution in [1.82, 2.24) is 14.3 Å².